The lowest BCUT2D eigenvalue weighted by atomic mass is 10.1. The Bertz CT molecular complexity index is 1130. The summed E-state index contributed by atoms with van der Waals surface area (Å²) < 4.78 is 27.1. The van der Waals surface area contributed by atoms with E-state index in [4.69, 9.17) is 34.8 Å². The van der Waals surface area contributed by atoms with E-state index in [9.17, 15) is 13.2 Å². The molecule has 0 spiro atoms. The van der Waals surface area contributed by atoms with Crippen LogP contribution in [0.15, 0.2) is 71.6 Å². The molecule has 0 saturated carbocycles. The first kappa shape index (κ1) is 22.6. The smallest absolute Gasteiger partial charge is 0.254 e. The van der Waals surface area contributed by atoms with E-state index in [2.05, 4.69) is 10.0 Å². The van der Waals surface area contributed by atoms with Crippen LogP contribution in [0.2, 0.25) is 15.1 Å². The van der Waals surface area contributed by atoms with E-state index >= 15 is 0 Å². The average molecular weight is 484 g/mol. The van der Waals surface area contributed by atoms with Crippen LogP contribution in [-0.4, -0.2) is 14.3 Å². The Morgan fingerprint density at radius 1 is 0.800 bits per heavy atom. The van der Waals surface area contributed by atoms with Crippen molar-refractivity contribution in [3.05, 3.63) is 98.5 Å². The summed E-state index contributed by atoms with van der Waals surface area (Å²) in [7, 11) is -3.57. The highest BCUT2D eigenvalue weighted by Gasteiger charge is 2.16. The van der Waals surface area contributed by atoms with Crippen molar-refractivity contribution in [2.45, 2.75) is 18.0 Å². The van der Waals surface area contributed by atoms with Gasteiger partial charge >= 0.3 is 0 Å². The molecule has 1 amide bonds. The summed E-state index contributed by atoms with van der Waals surface area (Å²) in [6, 6.07) is 18.3. The molecule has 0 fully saturated rings. The molecule has 0 radical (unpaired) electrons. The van der Waals surface area contributed by atoms with E-state index in [1.54, 1.807) is 42.5 Å². The fourth-order valence-electron chi connectivity index (χ4n) is 2.67. The molecule has 0 bridgehead atoms. The molecule has 30 heavy (non-hydrogen) atoms. The van der Waals surface area contributed by atoms with Gasteiger partial charge in [0.1, 0.15) is 0 Å². The highest BCUT2D eigenvalue weighted by molar-refractivity contribution is 7.89. The maximum Gasteiger partial charge on any atom is 0.254 e. The van der Waals surface area contributed by atoms with Crippen molar-refractivity contribution in [1.82, 2.24) is 10.0 Å². The summed E-state index contributed by atoms with van der Waals surface area (Å²) in [5, 5.41) is 3.44. The van der Waals surface area contributed by atoms with E-state index in [-0.39, 0.29) is 33.6 Å². The Morgan fingerprint density at radius 3 is 1.90 bits per heavy atom. The predicted molar refractivity (Wildman–Crippen MR) is 120 cm³/mol. The Balaban J connectivity index is 1.58. The number of carbonyl (C=O) groups is 1. The number of benzene rings is 3. The molecule has 0 aromatic heterocycles. The van der Waals surface area contributed by atoms with Crippen molar-refractivity contribution >= 4 is 50.7 Å². The van der Waals surface area contributed by atoms with Crippen LogP contribution < -0.4 is 10.0 Å². The monoisotopic (exact) mass is 482 g/mol. The SMILES string of the molecule is O=C(NCc1ccc(CNS(=O)(=O)c2ccccc2)cc1)c1c(Cl)cc(Cl)cc1Cl. The second-order valence-corrected chi connectivity index (χ2v) is 9.40. The van der Waals surface area contributed by atoms with E-state index in [0.29, 0.717) is 5.02 Å². The summed E-state index contributed by atoms with van der Waals surface area (Å²) in [4.78, 5) is 12.6. The summed E-state index contributed by atoms with van der Waals surface area (Å²) in [5.41, 5.74) is 1.78. The minimum Gasteiger partial charge on any atom is -0.348 e. The molecule has 3 aromatic carbocycles. The topological polar surface area (TPSA) is 75.3 Å². The lowest BCUT2D eigenvalue weighted by molar-refractivity contribution is 0.0951. The largest absolute Gasteiger partial charge is 0.348 e. The zero-order valence-electron chi connectivity index (χ0n) is 15.5. The van der Waals surface area contributed by atoms with Gasteiger partial charge in [-0.05, 0) is 35.4 Å². The number of carbonyl (C=O) groups excluding carboxylic acids is 1. The number of rotatable bonds is 7. The van der Waals surface area contributed by atoms with Gasteiger partial charge in [0.2, 0.25) is 10.0 Å². The first-order chi connectivity index (χ1) is 14.3. The van der Waals surface area contributed by atoms with E-state index < -0.39 is 15.9 Å². The van der Waals surface area contributed by atoms with Crippen molar-refractivity contribution in [2.24, 2.45) is 0 Å². The van der Waals surface area contributed by atoms with Gasteiger partial charge in [0.25, 0.3) is 5.91 Å². The highest BCUT2D eigenvalue weighted by Crippen LogP contribution is 2.28. The molecule has 3 rings (SSSR count). The van der Waals surface area contributed by atoms with Crippen molar-refractivity contribution in [2.75, 3.05) is 0 Å². The second-order valence-electron chi connectivity index (χ2n) is 6.38. The van der Waals surface area contributed by atoms with Gasteiger partial charge in [-0.2, -0.15) is 0 Å². The summed E-state index contributed by atoms with van der Waals surface area (Å²) in [5.74, 6) is -0.415. The third-order valence-corrected chi connectivity index (χ3v) is 6.46. The molecule has 156 valence electrons. The van der Waals surface area contributed by atoms with Gasteiger partial charge in [0, 0.05) is 18.1 Å². The van der Waals surface area contributed by atoms with Crippen LogP contribution in [0.1, 0.15) is 21.5 Å². The third-order valence-electron chi connectivity index (χ3n) is 4.23. The molecule has 0 unspecified atom stereocenters. The standard InChI is InChI=1S/C21H17Cl3N2O3S/c22-16-10-18(23)20(19(24)11-16)21(27)25-12-14-6-8-15(9-7-14)13-26-30(28,29)17-4-2-1-3-5-17/h1-11,26H,12-13H2,(H,25,27). The van der Waals surface area contributed by atoms with Crippen LogP contribution in [-0.2, 0) is 23.1 Å². The van der Waals surface area contributed by atoms with E-state index in [1.165, 1.54) is 24.3 Å². The maximum absolute atomic E-state index is 12.4. The molecule has 5 nitrogen and oxygen atoms in total. The summed E-state index contributed by atoms with van der Waals surface area (Å²) in [6.07, 6.45) is 0. The first-order valence-corrected chi connectivity index (χ1v) is 11.4. The third kappa shape index (κ3) is 5.74. The number of nitrogens with one attached hydrogen (secondary N) is 2. The van der Waals surface area contributed by atoms with Gasteiger partial charge < -0.3 is 5.32 Å². The number of hydrogen-bond acceptors (Lipinski definition) is 3. The molecule has 2 N–H and O–H groups in total. The Labute approximate surface area is 190 Å². The molecule has 0 saturated heterocycles. The van der Waals surface area contributed by atoms with Gasteiger partial charge in [-0.15, -0.1) is 0 Å². The van der Waals surface area contributed by atoms with E-state index in [1.807, 2.05) is 0 Å². The van der Waals surface area contributed by atoms with Gasteiger partial charge in [-0.25, -0.2) is 13.1 Å². The molecule has 0 aliphatic heterocycles. The zero-order chi connectivity index (χ0) is 21.7. The van der Waals surface area contributed by atoms with Crippen LogP contribution in [0.3, 0.4) is 0 Å². The Kier molecular flexibility index (Phi) is 7.39. The van der Waals surface area contributed by atoms with Crippen molar-refractivity contribution in [3.8, 4) is 0 Å². The Hall–Kier alpha value is -2.09. The number of sulfonamides is 1. The lowest BCUT2D eigenvalue weighted by Crippen LogP contribution is -2.24. The van der Waals surface area contributed by atoms with Crippen LogP contribution in [0, 0.1) is 0 Å². The van der Waals surface area contributed by atoms with Crippen LogP contribution >= 0.6 is 34.8 Å². The first-order valence-electron chi connectivity index (χ1n) is 8.81. The molecule has 0 atom stereocenters. The average Bonchev–Trinajstić information content (AvgIpc) is 2.71. The summed E-state index contributed by atoms with van der Waals surface area (Å²) >= 11 is 18.0. The minimum atomic E-state index is -3.57. The van der Waals surface area contributed by atoms with Gasteiger partial charge in [-0.3, -0.25) is 4.79 Å². The van der Waals surface area contributed by atoms with E-state index in [0.717, 1.165) is 11.1 Å². The molecular weight excluding hydrogens is 467 g/mol. The molecular formula is C21H17Cl3N2O3S. The van der Waals surface area contributed by atoms with Gasteiger partial charge in [0.15, 0.2) is 0 Å². The highest BCUT2D eigenvalue weighted by atomic mass is 35.5. The lowest BCUT2D eigenvalue weighted by Gasteiger charge is -2.10. The van der Waals surface area contributed by atoms with Crippen LogP contribution in [0.4, 0.5) is 0 Å². The zero-order valence-corrected chi connectivity index (χ0v) is 18.6. The van der Waals surface area contributed by atoms with Crippen molar-refractivity contribution < 1.29 is 13.2 Å². The fraction of sp³-hybridized carbons (Fsp3) is 0.0952. The fourth-order valence-corrected chi connectivity index (χ4v) is 4.69. The van der Waals surface area contributed by atoms with Crippen molar-refractivity contribution in [3.63, 3.8) is 0 Å². The predicted octanol–water partition coefficient (Wildman–Crippen LogP) is 5.06. The van der Waals surface area contributed by atoms with Crippen LogP contribution in [0.25, 0.3) is 0 Å². The number of amides is 1. The molecule has 0 heterocycles. The van der Waals surface area contributed by atoms with Crippen LogP contribution in [0.5, 0.6) is 0 Å². The molecule has 9 heteroatoms. The second kappa shape index (κ2) is 9.81. The number of halogens is 3. The van der Waals surface area contributed by atoms with Gasteiger partial charge in [-0.1, -0.05) is 77.3 Å². The maximum atomic E-state index is 12.4. The number of hydrogen-bond donors (Lipinski definition) is 2. The summed E-state index contributed by atoms with van der Waals surface area (Å²) in [6.45, 7) is 0.407. The minimum absolute atomic E-state index is 0.153. The van der Waals surface area contributed by atoms with Gasteiger partial charge in [0.05, 0.1) is 20.5 Å². The normalized spacial score (nSPS) is 11.3. The molecule has 0 aliphatic carbocycles. The van der Waals surface area contributed by atoms with Crippen molar-refractivity contribution in [1.29, 1.82) is 0 Å². The Morgan fingerprint density at radius 2 is 1.33 bits per heavy atom. The molecule has 3 aromatic rings. The quantitative estimate of drug-likeness (QED) is 0.493. The molecule has 0 aliphatic rings.